The van der Waals surface area contributed by atoms with Crippen molar-refractivity contribution in [2.75, 3.05) is 11.1 Å². The van der Waals surface area contributed by atoms with Gasteiger partial charge in [-0.1, -0.05) is 4.98 Å². The van der Waals surface area contributed by atoms with E-state index in [1.54, 1.807) is 18.6 Å². The van der Waals surface area contributed by atoms with Crippen LogP contribution in [0.15, 0.2) is 35.4 Å². The topological polar surface area (TPSA) is 91.0 Å². The highest BCUT2D eigenvalue weighted by Crippen LogP contribution is 2.03. The highest BCUT2D eigenvalue weighted by molar-refractivity contribution is 5.32. The van der Waals surface area contributed by atoms with Gasteiger partial charge < -0.3 is 15.4 Å². The third-order valence-corrected chi connectivity index (χ3v) is 1.84. The van der Waals surface area contributed by atoms with Crippen molar-refractivity contribution in [3.63, 3.8) is 0 Å². The van der Waals surface area contributed by atoms with Crippen molar-refractivity contribution in [1.29, 1.82) is 0 Å². The van der Waals surface area contributed by atoms with E-state index in [1.165, 1.54) is 12.4 Å². The molecular weight excluding hydrogens is 196 g/mol. The maximum atomic E-state index is 11.3. The second-order valence-corrected chi connectivity index (χ2v) is 3.02. The zero-order valence-electron chi connectivity index (χ0n) is 7.88. The van der Waals surface area contributed by atoms with Gasteiger partial charge in [-0.15, -0.1) is 0 Å². The summed E-state index contributed by atoms with van der Waals surface area (Å²) in [5, 5.41) is 14.2. The third kappa shape index (κ3) is 2.16. The largest absolute Gasteiger partial charge is 0.740 e. The summed E-state index contributed by atoms with van der Waals surface area (Å²) < 4.78 is 5.48. The van der Waals surface area contributed by atoms with Gasteiger partial charge in [-0.2, -0.15) is 0 Å². The van der Waals surface area contributed by atoms with Crippen LogP contribution in [0.4, 0.5) is 11.6 Å². The molecule has 0 atom stereocenters. The van der Waals surface area contributed by atoms with Crippen molar-refractivity contribution < 1.29 is 9.15 Å². The first-order chi connectivity index (χ1) is 7.25. The fraction of sp³-hybridized carbons (Fsp3) is 0.111. The van der Waals surface area contributed by atoms with Crippen LogP contribution in [0.25, 0.3) is 0 Å². The van der Waals surface area contributed by atoms with Crippen LogP contribution in [0.1, 0.15) is 5.56 Å². The predicted octanol–water partition coefficient (Wildman–Crippen LogP) is 0.502. The maximum absolute atomic E-state index is 11.3. The number of rotatable bonds is 3. The van der Waals surface area contributed by atoms with Crippen LogP contribution in [-0.4, -0.2) is 4.98 Å². The van der Waals surface area contributed by atoms with E-state index in [-0.39, 0.29) is 5.95 Å². The molecule has 3 N–H and O–H groups in total. The van der Waals surface area contributed by atoms with Crippen LogP contribution in [0.2, 0.25) is 0 Å². The Morgan fingerprint density at radius 2 is 2.47 bits per heavy atom. The van der Waals surface area contributed by atoms with Crippen molar-refractivity contribution in [3.8, 4) is 0 Å². The summed E-state index contributed by atoms with van der Waals surface area (Å²) in [6.45, 7) is 0.482. The van der Waals surface area contributed by atoms with Gasteiger partial charge in [-0.25, -0.2) is 4.73 Å². The number of nitrogens with one attached hydrogen (secondary N) is 1. The van der Waals surface area contributed by atoms with E-state index in [9.17, 15) is 5.21 Å². The molecule has 0 aliphatic carbocycles. The Kier molecular flexibility index (Phi) is 2.40. The normalized spacial score (nSPS) is 10.1. The molecular formula is C9H10N4O2. The molecule has 0 bridgehead atoms. The Bertz CT molecular complexity index is 441. The Morgan fingerprint density at radius 1 is 1.60 bits per heavy atom. The summed E-state index contributed by atoms with van der Waals surface area (Å²) in [5.74, 6) is 0.213. The molecule has 2 heterocycles. The summed E-state index contributed by atoms with van der Waals surface area (Å²) in [7, 11) is 0. The van der Waals surface area contributed by atoms with Gasteiger partial charge in [0.2, 0.25) is 0 Å². The molecule has 78 valence electrons. The van der Waals surface area contributed by atoms with E-state index in [1.807, 2.05) is 0 Å². The summed E-state index contributed by atoms with van der Waals surface area (Å²) in [6, 6.07) is 1.81. The first kappa shape index (κ1) is 9.32. The van der Waals surface area contributed by atoms with E-state index < -0.39 is 0 Å². The number of anilines is 2. The van der Waals surface area contributed by atoms with Gasteiger partial charge in [0.25, 0.3) is 0 Å². The molecule has 0 radical (unpaired) electrons. The van der Waals surface area contributed by atoms with Gasteiger partial charge in [-0.05, 0) is 6.07 Å². The van der Waals surface area contributed by atoms with E-state index >= 15 is 0 Å². The number of hydrogen-bond acceptors (Lipinski definition) is 5. The maximum Gasteiger partial charge on any atom is 0.392 e. The molecule has 0 unspecified atom stereocenters. The minimum absolute atomic E-state index is 0.213. The van der Waals surface area contributed by atoms with Gasteiger partial charge >= 0.3 is 5.95 Å². The first-order valence-electron chi connectivity index (χ1n) is 4.35. The molecule has 2 rings (SSSR count). The Hall–Kier alpha value is -2.24. The fourth-order valence-corrected chi connectivity index (χ4v) is 1.12. The standard InChI is InChI=1S/C9H10N4O2/c10-8-4-12-9(13(14)5-8)11-3-7-1-2-15-6-7/h1-2,4-6H,3,10H2,(H,11,12). The van der Waals surface area contributed by atoms with Gasteiger partial charge in [0.1, 0.15) is 6.20 Å². The zero-order chi connectivity index (χ0) is 10.7. The monoisotopic (exact) mass is 206 g/mol. The van der Waals surface area contributed by atoms with Gasteiger partial charge in [0.15, 0.2) is 0 Å². The van der Waals surface area contributed by atoms with Crippen LogP contribution in [-0.2, 0) is 6.54 Å². The Labute approximate surface area is 85.9 Å². The smallest absolute Gasteiger partial charge is 0.392 e. The fourth-order valence-electron chi connectivity index (χ4n) is 1.12. The lowest BCUT2D eigenvalue weighted by Gasteiger charge is -2.07. The van der Waals surface area contributed by atoms with Crippen molar-refractivity contribution in [1.82, 2.24) is 4.98 Å². The van der Waals surface area contributed by atoms with Crippen LogP contribution >= 0.6 is 0 Å². The van der Waals surface area contributed by atoms with Crippen LogP contribution < -0.4 is 15.8 Å². The van der Waals surface area contributed by atoms with Crippen LogP contribution in [0.3, 0.4) is 0 Å². The van der Waals surface area contributed by atoms with Crippen LogP contribution in [0.5, 0.6) is 0 Å². The van der Waals surface area contributed by atoms with Crippen molar-refractivity contribution in [3.05, 3.63) is 41.8 Å². The molecule has 0 fully saturated rings. The number of nitrogens with two attached hydrogens (primary N) is 1. The van der Waals surface area contributed by atoms with Crippen LogP contribution in [0, 0.1) is 5.21 Å². The van der Waals surface area contributed by atoms with Crippen molar-refractivity contribution >= 4 is 11.6 Å². The predicted molar refractivity (Wildman–Crippen MR) is 53.6 cm³/mol. The summed E-state index contributed by atoms with van der Waals surface area (Å²) in [5.41, 5.74) is 6.66. The van der Waals surface area contributed by atoms with Gasteiger partial charge in [-0.3, -0.25) is 5.32 Å². The average molecular weight is 206 g/mol. The SMILES string of the molecule is Nc1cnc(NCc2ccoc2)[n+]([O-])c1. The molecule has 6 heteroatoms. The number of nitrogen functional groups attached to an aromatic ring is 1. The summed E-state index contributed by atoms with van der Waals surface area (Å²) in [6.07, 6.45) is 5.84. The third-order valence-electron chi connectivity index (χ3n) is 1.84. The summed E-state index contributed by atoms with van der Waals surface area (Å²) in [4.78, 5) is 3.86. The second-order valence-electron chi connectivity index (χ2n) is 3.02. The van der Waals surface area contributed by atoms with E-state index in [0.29, 0.717) is 17.0 Å². The highest BCUT2D eigenvalue weighted by Gasteiger charge is 2.06. The quantitative estimate of drug-likeness (QED) is 0.563. The van der Waals surface area contributed by atoms with E-state index in [4.69, 9.17) is 10.2 Å². The molecule has 0 spiro atoms. The number of nitrogens with zero attached hydrogens (tertiary/aromatic N) is 2. The molecule has 2 aromatic heterocycles. The Morgan fingerprint density at radius 3 is 3.13 bits per heavy atom. The molecule has 0 saturated carbocycles. The molecule has 6 nitrogen and oxygen atoms in total. The molecule has 0 amide bonds. The van der Waals surface area contributed by atoms with E-state index in [0.717, 1.165) is 5.56 Å². The zero-order valence-corrected chi connectivity index (χ0v) is 7.88. The summed E-state index contributed by atoms with van der Waals surface area (Å²) >= 11 is 0. The lowest BCUT2D eigenvalue weighted by Crippen LogP contribution is -2.32. The van der Waals surface area contributed by atoms with Gasteiger partial charge in [0.05, 0.1) is 31.0 Å². The minimum atomic E-state index is 0.213. The second kappa shape index (κ2) is 3.87. The number of aromatic nitrogens is 2. The Balaban J connectivity index is 2.05. The lowest BCUT2D eigenvalue weighted by molar-refractivity contribution is -0.592. The molecule has 0 aliphatic heterocycles. The molecule has 15 heavy (non-hydrogen) atoms. The molecule has 2 aromatic rings. The molecule has 0 aliphatic rings. The number of furan rings is 1. The van der Waals surface area contributed by atoms with E-state index in [2.05, 4.69) is 10.3 Å². The lowest BCUT2D eigenvalue weighted by atomic mass is 10.3. The molecule has 0 saturated heterocycles. The first-order valence-corrected chi connectivity index (χ1v) is 4.35. The van der Waals surface area contributed by atoms with Crippen molar-refractivity contribution in [2.24, 2.45) is 0 Å². The molecule has 0 aromatic carbocycles. The van der Waals surface area contributed by atoms with Gasteiger partial charge in [0, 0.05) is 5.56 Å². The highest BCUT2D eigenvalue weighted by atomic mass is 16.5. The minimum Gasteiger partial charge on any atom is -0.740 e. The van der Waals surface area contributed by atoms with Crippen molar-refractivity contribution in [2.45, 2.75) is 6.54 Å². The average Bonchev–Trinajstić information content (AvgIpc) is 2.69. The number of hydrogen-bond donors (Lipinski definition) is 2.